The fraction of sp³-hybridized carbons (Fsp3) is 0.850. The highest BCUT2D eigenvalue weighted by Gasteiger charge is 2.28. The average Bonchev–Trinajstić information content (AvgIpc) is 2.74. The highest BCUT2D eigenvalue weighted by atomic mass is 127. The van der Waals surface area contributed by atoms with Crippen molar-refractivity contribution in [2.45, 2.75) is 26.2 Å². The monoisotopic (exact) mass is 539 g/mol. The van der Waals surface area contributed by atoms with E-state index < -0.39 is 0 Å². The van der Waals surface area contributed by atoms with Gasteiger partial charge >= 0.3 is 5.97 Å². The Morgan fingerprint density at radius 3 is 2.63 bits per heavy atom. The molecule has 0 spiro atoms. The van der Waals surface area contributed by atoms with E-state index in [9.17, 15) is 9.59 Å². The summed E-state index contributed by atoms with van der Waals surface area (Å²) in [6.45, 7) is 9.05. The molecule has 174 valence electrons. The maximum Gasteiger partial charge on any atom is 0.310 e. The summed E-state index contributed by atoms with van der Waals surface area (Å²) in [4.78, 5) is 34.7. The van der Waals surface area contributed by atoms with Crippen LogP contribution in [0, 0.1) is 5.92 Å². The van der Waals surface area contributed by atoms with Crippen molar-refractivity contribution in [3.8, 4) is 0 Å². The Morgan fingerprint density at radius 2 is 1.97 bits per heavy atom. The number of likely N-dealkylation sites (tertiary alicyclic amines) is 1. The first kappa shape index (κ1) is 26.9. The Labute approximate surface area is 197 Å². The quantitative estimate of drug-likeness (QED) is 0.159. The fourth-order valence-electron chi connectivity index (χ4n) is 3.50. The number of likely N-dealkylation sites (N-methyl/N-ethyl adjacent to an activating group) is 1. The molecule has 0 aliphatic carbocycles. The summed E-state index contributed by atoms with van der Waals surface area (Å²) in [6, 6.07) is 0. The van der Waals surface area contributed by atoms with Crippen molar-refractivity contribution in [3.63, 3.8) is 0 Å². The summed E-state index contributed by atoms with van der Waals surface area (Å²) in [6.07, 6.45) is 2.71. The van der Waals surface area contributed by atoms with Crippen LogP contribution in [0.15, 0.2) is 4.99 Å². The molecular weight excluding hydrogens is 501 g/mol. The van der Waals surface area contributed by atoms with Gasteiger partial charge in [-0.1, -0.05) is 0 Å². The second-order valence-electron chi connectivity index (χ2n) is 7.70. The molecule has 2 rings (SSSR count). The van der Waals surface area contributed by atoms with Crippen molar-refractivity contribution >= 4 is 41.8 Å². The van der Waals surface area contributed by atoms with E-state index in [4.69, 9.17) is 9.47 Å². The molecule has 0 aromatic rings. The lowest BCUT2D eigenvalue weighted by atomic mass is 9.98. The Kier molecular flexibility index (Phi) is 13.3. The maximum atomic E-state index is 12.2. The van der Waals surface area contributed by atoms with Gasteiger partial charge in [0.2, 0.25) is 5.91 Å². The van der Waals surface area contributed by atoms with Crippen LogP contribution in [0.4, 0.5) is 0 Å². The number of guanidine groups is 1. The van der Waals surface area contributed by atoms with Crippen LogP contribution in [0.25, 0.3) is 0 Å². The molecule has 9 nitrogen and oxygen atoms in total. The summed E-state index contributed by atoms with van der Waals surface area (Å²) in [7, 11) is 3.45. The van der Waals surface area contributed by atoms with Crippen molar-refractivity contribution in [1.29, 1.82) is 0 Å². The summed E-state index contributed by atoms with van der Waals surface area (Å²) in [5.41, 5.74) is 0. The zero-order chi connectivity index (χ0) is 21.1. The van der Waals surface area contributed by atoms with Crippen LogP contribution in [-0.4, -0.2) is 112 Å². The van der Waals surface area contributed by atoms with Crippen molar-refractivity contribution < 1.29 is 19.1 Å². The van der Waals surface area contributed by atoms with E-state index in [1.165, 1.54) is 4.90 Å². The van der Waals surface area contributed by atoms with E-state index in [0.29, 0.717) is 19.1 Å². The molecule has 1 atom stereocenters. The van der Waals surface area contributed by atoms with Gasteiger partial charge in [0.05, 0.1) is 25.7 Å². The van der Waals surface area contributed by atoms with Crippen molar-refractivity contribution in [1.82, 2.24) is 20.0 Å². The number of carbonyl (C=O) groups is 2. The Morgan fingerprint density at radius 1 is 1.23 bits per heavy atom. The number of halogens is 1. The predicted molar refractivity (Wildman–Crippen MR) is 127 cm³/mol. The highest BCUT2D eigenvalue weighted by molar-refractivity contribution is 14.0. The third-order valence-electron chi connectivity index (χ3n) is 5.24. The molecule has 1 unspecified atom stereocenters. The lowest BCUT2D eigenvalue weighted by molar-refractivity contribution is -0.149. The number of aliphatic imine (C=N–C) groups is 1. The maximum absolute atomic E-state index is 12.2. The number of hydrogen-bond acceptors (Lipinski definition) is 6. The van der Waals surface area contributed by atoms with Crippen LogP contribution in [-0.2, 0) is 19.1 Å². The van der Waals surface area contributed by atoms with Crippen LogP contribution in [0.2, 0.25) is 0 Å². The molecule has 0 radical (unpaired) electrons. The van der Waals surface area contributed by atoms with Gasteiger partial charge in [-0.15, -0.1) is 24.0 Å². The van der Waals surface area contributed by atoms with Crippen LogP contribution in [0.5, 0.6) is 0 Å². The number of morpholine rings is 1. The summed E-state index contributed by atoms with van der Waals surface area (Å²) >= 11 is 0. The number of nitrogens with one attached hydrogen (secondary N) is 1. The molecule has 2 saturated heterocycles. The fourth-order valence-corrected chi connectivity index (χ4v) is 3.50. The Balaban J connectivity index is 0.00000450. The van der Waals surface area contributed by atoms with Gasteiger partial charge in [-0.3, -0.25) is 14.5 Å². The number of esters is 1. The van der Waals surface area contributed by atoms with E-state index in [2.05, 4.69) is 20.1 Å². The van der Waals surface area contributed by atoms with E-state index in [0.717, 1.165) is 65.2 Å². The summed E-state index contributed by atoms with van der Waals surface area (Å²) in [5.74, 6) is 0.370. The zero-order valence-corrected chi connectivity index (χ0v) is 20.9. The SMILES string of the molecule is CCOC(=O)C1CCCN(C(=NCC(=O)N(C)C)NCCCN2CCOCC2)C1.I. The van der Waals surface area contributed by atoms with Crippen molar-refractivity contribution in [3.05, 3.63) is 0 Å². The zero-order valence-electron chi connectivity index (χ0n) is 18.6. The van der Waals surface area contributed by atoms with Crippen LogP contribution >= 0.6 is 24.0 Å². The van der Waals surface area contributed by atoms with Gasteiger partial charge in [0.1, 0.15) is 6.54 Å². The molecular formula is C20H38IN5O4. The number of piperidine rings is 1. The third kappa shape index (κ3) is 9.34. The summed E-state index contributed by atoms with van der Waals surface area (Å²) < 4.78 is 10.6. The molecule has 2 heterocycles. The molecule has 2 aliphatic rings. The van der Waals surface area contributed by atoms with Gasteiger partial charge in [-0.2, -0.15) is 0 Å². The number of hydrogen-bond donors (Lipinski definition) is 1. The minimum Gasteiger partial charge on any atom is -0.466 e. The number of ether oxygens (including phenoxy) is 2. The standard InChI is InChI=1S/C20H37N5O4.HI/c1-4-29-19(27)17-7-5-10-25(16-17)20(22-15-18(26)23(2)3)21-8-6-9-24-11-13-28-14-12-24;/h17H,4-16H2,1-3H3,(H,21,22);1H. The molecule has 0 aromatic carbocycles. The van der Waals surface area contributed by atoms with Gasteiger partial charge in [-0.25, -0.2) is 4.99 Å². The lowest BCUT2D eigenvalue weighted by Crippen LogP contribution is -2.49. The number of nitrogens with zero attached hydrogens (tertiary/aromatic N) is 4. The number of carbonyl (C=O) groups excluding carboxylic acids is 2. The molecule has 0 bridgehead atoms. The van der Waals surface area contributed by atoms with E-state index >= 15 is 0 Å². The van der Waals surface area contributed by atoms with Gasteiger partial charge in [0, 0.05) is 46.8 Å². The molecule has 2 fully saturated rings. The second-order valence-corrected chi connectivity index (χ2v) is 7.70. The largest absolute Gasteiger partial charge is 0.466 e. The predicted octanol–water partition coefficient (Wildman–Crippen LogP) is 0.636. The van der Waals surface area contributed by atoms with Gasteiger partial charge in [0.15, 0.2) is 5.96 Å². The first-order valence-electron chi connectivity index (χ1n) is 10.7. The molecule has 0 saturated carbocycles. The summed E-state index contributed by atoms with van der Waals surface area (Å²) in [5, 5.41) is 3.41. The van der Waals surface area contributed by atoms with E-state index in [1.54, 1.807) is 14.1 Å². The van der Waals surface area contributed by atoms with E-state index in [-0.39, 0.29) is 48.3 Å². The lowest BCUT2D eigenvalue weighted by Gasteiger charge is -2.34. The second kappa shape index (κ2) is 14.8. The first-order chi connectivity index (χ1) is 14.0. The van der Waals surface area contributed by atoms with Gasteiger partial charge in [0.25, 0.3) is 0 Å². The third-order valence-corrected chi connectivity index (χ3v) is 5.24. The number of rotatable bonds is 8. The van der Waals surface area contributed by atoms with Crippen molar-refractivity contribution in [2.75, 3.05) is 79.7 Å². The Hall–Kier alpha value is -1.14. The highest BCUT2D eigenvalue weighted by Crippen LogP contribution is 2.18. The smallest absolute Gasteiger partial charge is 0.310 e. The van der Waals surface area contributed by atoms with Crippen LogP contribution in [0.1, 0.15) is 26.2 Å². The minimum absolute atomic E-state index is 0. The normalized spacial score (nSPS) is 20.3. The van der Waals surface area contributed by atoms with Crippen molar-refractivity contribution in [2.24, 2.45) is 10.9 Å². The molecule has 1 amide bonds. The van der Waals surface area contributed by atoms with Gasteiger partial charge in [-0.05, 0) is 32.7 Å². The molecule has 30 heavy (non-hydrogen) atoms. The molecule has 2 aliphatic heterocycles. The Bertz CT molecular complexity index is 555. The van der Waals surface area contributed by atoms with Crippen LogP contribution in [0.3, 0.4) is 0 Å². The molecule has 0 aromatic heterocycles. The first-order valence-corrected chi connectivity index (χ1v) is 10.7. The van der Waals surface area contributed by atoms with E-state index in [1.807, 2.05) is 6.92 Å². The molecule has 10 heteroatoms. The molecule has 1 N–H and O–H groups in total. The average molecular weight is 539 g/mol. The van der Waals surface area contributed by atoms with Gasteiger partial charge < -0.3 is 24.6 Å². The minimum atomic E-state index is -0.145. The number of amides is 1. The topological polar surface area (TPSA) is 86.7 Å². The van der Waals surface area contributed by atoms with Crippen LogP contribution < -0.4 is 5.32 Å².